The molecule has 2 aromatic rings. The van der Waals surface area contributed by atoms with Gasteiger partial charge in [0, 0.05) is 24.9 Å². The molecular weight excluding hydrogens is 244 g/mol. The molecule has 6 nitrogen and oxygen atoms in total. The molecule has 0 spiro atoms. The molecule has 0 saturated carbocycles. The maximum absolute atomic E-state index is 11.2. The molecule has 0 radical (unpaired) electrons. The largest absolute Gasteiger partial charge is 0.344 e. The van der Waals surface area contributed by atoms with Gasteiger partial charge in [-0.1, -0.05) is 19.0 Å². The molecule has 1 amide bonds. The van der Waals surface area contributed by atoms with Crippen LogP contribution in [-0.2, 0) is 4.79 Å². The van der Waals surface area contributed by atoms with Crippen molar-refractivity contribution in [2.24, 2.45) is 5.92 Å². The summed E-state index contributed by atoms with van der Waals surface area (Å²) in [5.41, 5.74) is 0.829. The monoisotopic (exact) mass is 260 g/mol. The maximum Gasteiger partial charge on any atom is 0.249 e. The number of carbonyl (C=O) groups excluding carboxylic acids is 1. The molecule has 2 heterocycles. The predicted octanol–water partition coefficient (Wildman–Crippen LogP) is 1.96. The Balaban J connectivity index is 2.26. The van der Waals surface area contributed by atoms with E-state index in [1.807, 2.05) is 13.8 Å². The summed E-state index contributed by atoms with van der Waals surface area (Å²) in [6, 6.07) is 3.33. The molecule has 0 aliphatic carbocycles. The van der Waals surface area contributed by atoms with E-state index in [0.29, 0.717) is 11.7 Å². The van der Waals surface area contributed by atoms with Gasteiger partial charge >= 0.3 is 0 Å². The second-order valence-electron chi connectivity index (χ2n) is 4.61. The van der Waals surface area contributed by atoms with Gasteiger partial charge in [-0.25, -0.2) is 0 Å². The van der Waals surface area contributed by atoms with Gasteiger partial charge in [-0.3, -0.25) is 9.78 Å². The molecular formula is C13H16N4O2. The first-order valence-electron chi connectivity index (χ1n) is 6.09. The Bertz CT molecular complexity index is 551. The second-order valence-corrected chi connectivity index (χ2v) is 4.61. The van der Waals surface area contributed by atoms with Crippen molar-refractivity contribution >= 4 is 5.91 Å². The number of carbonyl (C=O) groups is 1. The molecule has 0 aliphatic heterocycles. The number of pyridine rings is 1. The molecule has 0 fully saturated rings. The number of nitrogens with one attached hydrogen (secondary N) is 1. The fourth-order valence-electron chi connectivity index (χ4n) is 1.71. The summed E-state index contributed by atoms with van der Waals surface area (Å²) in [4.78, 5) is 19.5. The number of amides is 1. The first-order chi connectivity index (χ1) is 9.08. The number of nitrogens with zero attached hydrogens (tertiary/aromatic N) is 3. The minimum absolute atomic E-state index is 0.123. The molecule has 100 valence electrons. The van der Waals surface area contributed by atoms with Crippen LogP contribution in [-0.4, -0.2) is 21.0 Å². The Morgan fingerprint density at radius 1 is 1.32 bits per heavy atom. The maximum atomic E-state index is 11.2. The molecule has 2 rings (SSSR count). The van der Waals surface area contributed by atoms with Crippen LogP contribution in [0.3, 0.4) is 0 Å². The Labute approximate surface area is 111 Å². The van der Waals surface area contributed by atoms with E-state index in [4.69, 9.17) is 4.52 Å². The van der Waals surface area contributed by atoms with Crippen molar-refractivity contribution in [1.82, 2.24) is 20.4 Å². The van der Waals surface area contributed by atoms with Gasteiger partial charge in [0.05, 0.1) is 0 Å². The highest BCUT2D eigenvalue weighted by Gasteiger charge is 2.23. The van der Waals surface area contributed by atoms with Crippen LogP contribution in [0.5, 0.6) is 0 Å². The summed E-state index contributed by atoms with van der Waals surface area (Å²) >= 11 is 0. The third kappa shape index (κ3) is 3.15. The van der Waals surface area contributed by atoms with Crippen LogP contribution in [0.1, 0.15) is 32.7 Å². The molecule has 0 aromatic carbocycles. The lowest BCUT2D eigenvalue weighted by molar-refractivity contribution is -0.120. The Hall–Kier alpha value is -2.24. The lowest BCUT2D eigenvalue weighted by atomic mass is 10.0. The number of hydrogen-bond acceptors (Lipinski definition) is 5. The molecule has 6 heteroatoms. The molecule has 0 saturated heterocycles. The average Bonchev–Trinajstić information content (AvgIpc) is 2.86. The van der Waals surface area contributed by atoms with E-state index < -0.39 is 0 Å². The average molecular weight is 260 g/mol. The highest BCUT2D eigenvalue weighted by molar-refractivity contribution is 5.73. The zero-order valence-corrected chi connectivity index (χ0v) is 11.1. The van der Waals surface area contributed by atoms with Crippen molar-refractivity contribution in [2.45, 2.75) is 26.8 Å². The molecule has 0 bridgehead atoms. The molecule has 2 aromatic heterocycles. The number of aromatic nitrogens is 3. The first kappa shape index (κ1) is 13.2. The lowest BCUT2D eigenvalue weighted by Gasteiger charge is -2.16. The van der Waals surface area contributed by atoms with Crippen molar-refractivity contribution in [1.29, 1.82) is 0 Å². The van der Waals surface area contributed by atoms with Crippen molar-refractivity contribution in [3.8, 4) is 11.4 Å². The fraction of sp³-hybridized carbons (Fsp3) is 0.385. The van der Waals surface area contributed by atoms with Crippen LogP contribution in [0.15, 0.2) is 29.0 Å². The van der Waals surface area contributed by atoms with Crippen LogP contribution in [0.2, 0.25) is 0 Å². The van der Waals surface area contributed by atoms with E-state index in [1.165, 1.54) is 6.92 Å². The molecule has 19 heavy (non-hydrogen) atoms. The van der Waals surface area contributed by atoms with E-state index in [9.17, 15) is 4.79 Å². The van der Waals surface area contributed by atoms with Crippen molar-refractivity contribution < 1.29 is 9.32 Å². The summed E-state index contributed by atoms with van der Waals surface area (Å²) in [7, 11) is 0. The minimum Gasteiger partial charge on any atom is -0.344 e. The number of hydrogen-bond donors (Lipinski definition) is 1. The summed E-state index contributed by atoms with van der Waals surface area (Å²) in [5.74, 6) is 0.947. The topological polar surface area (TPSA) is 80.9 Å². The van der Waals surface area contributed by atoms with Crippen molar-refractivity contribution in [3.05, 3.63) is 30.4 Å². The van der Waals surface area contributed by atoms with Gasteiger partial charge < -0.3 is 9.84 Å². The summed E-state index contributed by atoms with van der Waals surface area (Å²) in [6.07, 6.45) is 3.33. The first-order valence-corrected chi connectivity index (χ1v) is 6.09. The summed E-state index contributed by atoms with van der Waals surface area (Å²) < 4.78 is 5.25. The number of rotatable bonds is 4. The molecule has 0 aliphatic rings. The van der Waals surface area contributed by atoms with Crippen LogP contribution in [0, 0.1) is 5.92 Å². The van der Waals surface area contributed by atoms with Crippen molar-refractivity contribution in [2.75, 3.05) is 0 Å². The normalized spacial score (nSPS) is 12.4. The summed E-state index contributed by atoms with van der Waals surface area (Å²) in [6.45, 7) is 5.43. The molecule has 1 atom stereocenters. The van der Waals surface area contributed by atoms with E-state index in [0.717, 1.165) is 5.56 Å². The van der Waals surface area contributed by atoms with Gasteiger partial charge in [0.1, 0.15) is 6.04 Å². The third-order valence-corrected chi connectivity index (χ3v) is 2.67. The van der Waals surface area contributed by atoms with Crippen LogP contribution >= 0.6 is 0 Å². The van der Waals surface area contributed by atoms with Gasteiger partial charge in [-0.2, -0.15) is 4.98 Å². The zero-order valence-electron chi connectivity index (χ0n) is 11.1. The van der Waals surface area contributed by atoms with E-state index in [-0.39, 0.29) is 17.9 Å². The zero-order chi connectivity index (χ0) is 13.8. The van der Waals surface area contributed by atoms with E-state index in [1.54, 1.807) is 24.5 Å². The van der Waals surface area contributed by atoms with Crippen LogP contribution in [0.25, 0.3) is 11.4 Å². The van der Waals surface area contributed by atoms with Gasteiger partial charge in [-0.05, 0) is 18.1 Å². The second kappa shape index (κ2) is 5.60. The minimum atomic E-state index is -0.277. The predicted molar refractivity (Wildman–Crippen MR) is 68.9 cm³/mol. The molecule has 1 N–H and O–H groups in total. The van der Waals surface area contributed by atoms with Gasteiger partial charge in [0.25, 0.3) is 0 Å². The van der Waals surface area contributed by atoms with Crippen molar-refractivity contribution in [3.63, 3.8) is 0 Å². The highest BCUT2D eigenvalue weighted by Crippen LogP contribution is 2.23. The highest BCUT2D eigenvalue weighted by atomic mass is 16.5. The van der Waals surface area contributed by atoms with E-state index in [2.05, 4.69) is 20.4 Å². The smallest absolute Gasteiger partial charge is 0.249 e. The third-order valence-electron chi connectivity index (χ3n) is 2.67. The van der Waals surface area contributed by atoms with Crippen LogP contribution < -0.4 is 5.32 Å². The quantitative estimate of drug-likeness (QED) is 0.908. The summed E-state index contributed by atoms with van der Waals surface area (Å²) in [5, 5.41) is 6.74. The Morgan fingerprint density at radius 3 is 2.58 bits per heavy atom. The lowest BCUT2D eigenvalue weighted by Crippen LogP contribution is -2.29. The van der Waals surface area contributed by atoms with Crippen LogP contribution in [0.4, 0.5) is 0 Å². The molecule has 1 unspecified atom stereocenters. The standard InChI is InChI=1S/C13H16N4O2/c1-8(2)11(15-9(3)18)13-16-12(17-19-13)10-4-6-14-7-5-10/h4-8,11H,1-3H3,(H,15,18). The van der Waals surface area contributed by atoms with Gasteiger partial charge in [0.15, 0.2) is 0 Å². The Kier molecular flexibility index (Phi) is 3.89. The SMILES string of the molecule is CC(=O)NC(c1nc(-c2ccncc2)no1)C(C)C. The van der Waals surface area contributed by atoms with E-state index >= 15 is 0 Å². The fourth-order valence-corrected chi connectivity index (χ4v) is 1.71. The van der Waals surface area contributed by atoms with Gasteiger partial charge in [0.2, 0.25) is 17.6 Å². The Morgan fingerprint density at radius 2 is 2.00 bits per heavy atom. The van der Waals surface area contributed by atoms with Gasteiger partial charge in [-0.15, -0.1) is 0 Å².